The van der Waals surface area contributed by atoms with Crippen molar-refractivity contribution in [3.05, 3.63) is 56.7 Å². The smallest absolute Gasteiger partial charge is 0.303 e. The number of aryl methyl sites for hydroxylation is 3. The molecule has 0 bridgehead atoms. The Kier molecular flexibility index (Phi) is 5.48. The molecule has 0 spiro atoms. The van der Waals surface area contributed by atoms with Gasteiger partial charge in [-0.15, -0.1) is 0 Å². The molecule has 1 N–H and O–H groups in total. The lowest BCUT2D eigenvalue weighted by Crippen LogP contribution is -2.37. The molecule has 0 aliphatic carbocycles. The van der Waals surface area contributed by atoms with Crippen molar-refractivity contribution < 1.29 is 4.79 Å². The summed E-state index contributed by atoms with van der Waals surface area (Å²) in [6.45, 7) is 0.475. The van der Waals surface area contributed by atoms with E-state index in [1.165, 1.54) is 33.9 Å². The quantitative estimate of drug-likeness (QED) is 0.572. The first kappa shape index (κ1) is 20.4. The second-order valence-electron chi connectivity index (χ2n) is 6.95. The zero-order valence-electron chi connectivity index (χ0n) is 16.5. The summed E-state index contributed by atoms with van der Waals surface area (Å²) in [4.78, 5) is 41.8. The number of rotatable bonds is 6. The molecule has 0 saturated carbocycles. The minimum atomic E-state index is -0.462. The maximum atomic E-state index is 12.9. The normalized spacial score (nSPS) is 14.1. The first-order valence-electron chi connectivity index (χ1n) is 9.35. The summed E-state index contributed by atoms with van der Waals surface area (Å²) in [5, 5.41) is 1.26. The van der Waals surface area contributed by atoms with E-state index in [4.69, 9.17) is 12.2 Å². The van der Waals surface area contributed by atoms with Gasteiger partial charge >= 0.3 is 5.69 Å². The summed E-state index contributed by atoms with van der Waals surface area (Å²) in [5.74, 6) is 0.365. The van der Waals surface area contributed by atoms with Crippen LogP contribution in [0.5, 0.6) is 0 Å². The van der Waals surface area contributed by atoms with E-state index in [1.54, 1.807) is 11.6 Å². The molecule has 1 amide bonds. The van der Waals surface area contributed by atoms with Crippen LogP contribution in [-0.2, 0) is 31.9 Å². The van der Waals surface area contributed by atoms with Gasteiger partial charge in [-0.2, -0.15) is 4.98 Å². The Morgan fingerprint density at radius 1 is 1.13 bits per heavy atom. The fourth-order valence-electron chi connectivity index (χ4n) is 3.40. The van der Waals surface area contributed by atoms with E-state index in [-0.39, 0.29) is 17.3 Å². The number of hydrazine groups is 1. The molecule has 1 aliphatic heterocycles. The van der Waals surface area contributed by atoms with Crippen molar-refractivity contribution in [3.8, 4) is 0 Å². The van der Waals surface area contributed by atoms with E-state index >= 15 is 0 Å². The number of imidazole rings is 1. The third-order valence-corrected chi connectivity index (χ3v) is 6.36. The Hall–Kier alpha value is -2.92. The zero-order chi connectivity index (χ0) is 21.4. The van der Waals surface area contributed by atoms with Gasteiger partial charge in [-0.1, -0.05) is 54.3 Å². The number of hydrogen-bond acceptors (Lipinski definition) is 7. The highest BCUT2D eigenvalue weighted by Crippen LogP contribution is 2.23. The average Bonchev–Trinajstić information content (AvgIpc) is 3.27. The second-order valence-corrected chi connectivity index (χ2v) is 8.56. The highest BCUT2D eigenvalue weighted by Gasteiger charge is 2.29. The average molecular weight is 445 g/mol. The van der Waals surface area contributed by atoms with Gasteiger partial charge in [0.05, 0.1) is 5.75 Å². The number of nitrogens with one attached hydrogen (secondary N) is 1. The summed E-state index contributed by atoms with van der Waals surface area (Å²) in [6.07, 6.45) is 1.55. The highest BCUT2D eigenvalue weighted by molar-refractivity contribution is 8.23. The molecule has 3 aromatic rings. The van der Waals surface area contributed by atoms with Crippen LogP contribution in [0.2, 0.25) is 0 Å². The van der Waals surface area contributed by atoms with Crippen LogP contribution in [0.1, 0.15) is 12.0 Å². The lowest BCUT2D eigenvalue weighted by molar-refractivity contribution is -0.123. The maximum Gasteiger partial charge on any atom is 0.332 e. The molecule has 0 atom stereocenters. The van der Waals surface area contributed by atoms with Gasteiger partial charge in [0.1, 0.15) is 0 Å². The number of nitrogens with zero attached hydrogens (tertiary/aromatic N) is 5. The van der Waals surface area contributed by atoms with Gasteiger partial charge in [-0.05, 0) is 18.4 Å². The second kappa shape index (κ2) is 8.07. The fourth-order valence-corrected chi connectivity index (χ4v) is 4.37. The lowest BCUT2D eigenvalue weighted by atomic mass is 10.1. The van der Waals surface area contributed by atoms with E-state index in [1.807, 2.05) is 30.3 Å². The number of hydrogen-bond donors (Lipinski definition) is 1. The molecule has 0 unspecified atom stereocenters. The molecule has 156 valence electrons. The minimum absolute atomic E-state index is 0.185. The number of benzene rings is 1. The van der Waals surface area contributed by atoms with E-state index in [2.05, 4.69) is 10.4 Å². The lowest BCUT2D eigenvalue weighted by Gasteiger charge is -2.18. The van der Waals surface area contributed by atoms with E-state index in [0.717, 1.165) is 17.4 Å². The molecule has 1 aliphatic rings. The van der Waals surface area contributed by atoms with Crippen LogP contribution >= 0.6 is 24.0 Å². The molecular formula is C19H20N6O3S2. The number of amides is 1. The summed E-state index contributed by atoms with van der Waals surface area (Å²) < 4.78 is 4.50. The van der Waals surface area contributed by atoms with Crippen molar-refractivity contribution in [2.45, 2.75) is 19.4 Å². The molecule has 0 radical (unpaired) electrons. The Morgan fingerprint density at radius 3 is 2.53 bits per heavy atom. The van der Waals surface area contributed by atoms with Crippen LogP contribution in [0.4, 0.5) is 5.95 Å². The van der Waals surface area contributed by atoms with Crippen molar-refractivity contribution in [3.63, 3.8) is 0 Å². The van der Waals surface area contributed by atoms with Gasteiger partial charge < -0.3 is 4.57 Å². The number of aromatic nitrogens is 4. The summed E-state index contributed by atoms with van der Waals surface area (Å²) in [6, 6.07) is 10.0. The third kappa shape index (κ3) is 3.54. The molecule has 2 aromatic heterocycles. The molecule has 1 fully saturated rings. The van der Waals surface area contributed by atoms with Crippen molar-refractivity contribution in [1.82, 2.24) is 23.7 Å². The van der Waals surface area contributed by atoms with Gasteiger partial charge in [0, 0.05) is 20.6 Å². The van der Waals surface area contributed by atoms with Crippen LogP contribution in [0.25, 0.3) is 11.2 Å². The van der Waals surface area contributed by atoms with Crippen LogP contribution in [0.3, 0.4) is 0 Å². The van der Waals surface area contributed by atoms with Crippen molar-refractivity contribution in [1.29, 1.82) is 0 Å². The summed E-state index contributed by atoms with van der Waals surface area (Å²) in [5.41, 5.74) is 3.81. The maximum absolute atomic E-state index is 12.9. The number of carbonyl (C=O) groups is 1. The van der Waals surface area contributed by atoms with Gasteiger partial charge in [-0.25, -0.2) is 9.80 Å². The number of thiocarbonyl (C=S) groups is 1. The predicted octanol–water partition coefficient (Wildman–Crippen LogP) is 1.25. The topological polar surface area (TPSA) is 94.2 Å². The molecule has 4 rings (SSSR count). The fraction of sp³-hybridized carbons (Fsp3) is 0.316. The Balaban J connectivity index is 1.76. The Bertz CT molecular complexity index is 1250. The molecule has 30 heavy (non-hydrogen) atoms. The number of fused-ring (bicyclic) bond motifs is 1. The highest BCUT2D eigenvalue weighted by atomic mass is 32.2. The van der Waals surface area contributed by atoms with E-state index < -0.39 is 11.2 Å². The number of thioether (sulfide) groups is 1. The first-order valence-corrected chi connectivity index (χ1v) is 10.7. The molecule has 1 saturated heterocycles. The van der Waals surface area contributed by atoms with Gasteiger partial charge in [0.25, 0.3) is 11.5 Å². The minimum Gasteiger partial charge on any atom is -0.303 e. The van der Waals surface area contributed by atoms with Gasteiger partial charge in [0.15, 0.2) is 15.5 Å². The van der Waals surface area contributed by atoms with Crippen LogP contribution in [0, 0.1) is 0 Å². The molecule has 3 heterocycles. The summed E-state index contributed by atoms with van der Waals surface area (Å²) >= 11 is 6.49. The van der Waals surface area contributed by atoms with E-state index in [9.17, 15) is 14.4 Å². The molecule has 11 heteroatoms. The monoisotopic (exact) mass is 444 g/mol. The molecular weight excluding hydrogens is 424 g/mol. The Morgan fingerprint density at radius 2 is 1.87 bits per heavy atom. The standard InChI is InChI=1S/C19H20N6O3S2/c1-22-15-14(16(27)23(2)18(22)28)24(10-6-9-12-7-4-3-5-8-12)17(20-15)21-25-13(26)11-30-19(25)29/h3-5,7-8H,6,9-11H2,1-2H3,(H,20,21). The van der Waals surface area contributed by atoms with Gasteiger partial charge in [0.2, 0.25) is 5.95 Å². The van der Waals surface area contributed by atoms with Crippen molar-refractivity contribution >= 4 is 51.3 Å². The zero-order valence-corrected chi connectivity index (χ0v) is 18.1. The number of anilines is 1. The third-order valence-electron chi connectivity index (χ3n) is 5.00. The first-order chi connectivity index (χ1) is 14.4. The van der Waals surface area contributed by atoms with Crippen LogP contribution < -0.4 is 16.7 Å². The van der Waals surface area contributed by atoms with E-state index in [0.29, 0.717) is 22.3 Å². The SMILES string of the molecule is Cn1c(=O)c2c(nc(NN3C(=O)CSC3=S)n2CCCc2ccccc2)n(C)c1=O. The molecule has 9 nitrogen and oxygen atoms in total. The van der Waals surface area contributed by atoms with Crippen molar-refractivity contribution in [2.75, 3.05) is 11.2 Å². The largest absolute Gasteiger partial charge is 0.332 e. The predicted molar refractivity (Wildman–Crippen MR) is 121 cm³/mol. The van der Waals surface area contributed by atoms with Crippen LogP contribution in [-0.4, -0.2) is 39.7 Å². The Labute approximate surface area is 181 Å². The van der Waals surface area contributed by atoms with Crippen LogP contribution in [0.15, 0.2) is 39.9 Å². The summed E-state index contributed by atoms with van der Waals surface area (Å²) in [7, 11) is 3.00. The number of carbonyl (C=O) groups excluding carboxylic acids is 1. The van der Waals surface area contributed by atoms with Crippen molar-refractivity contribution in [2.24, 2.45) is 14.1 Å². The molecule has 1 aromatic carbocycles. The van der Waals surface area contributed by atoms with Gasteiger partial charge in [-0.3, -0.25) is 24.1 Å².